The Hall–Kier alpha value is -0.940. The van der Waals surface area contributed by atoms with E-state index in [1.807, 2.05) is 13.8 Å². The Bertz CT molecular complexity index is 359. The van der Waals surface area contributed by atoms with Gasteiger partial charge in [-0.3, -0.25) is 4.79 Å². The SMILES string of the molecule is CCC(O)(CC)CNC(=O)c1csnc1C. The molecule has 0 unspecified atom stereocenters. The Labute approximate surface area is 99.9 Å². The smallest absolute Gasteiger partial charge is 0.254 e. The largest absolute Gasteiger partial charge is 0.388 e. The molecule has 0 saturated carbocycles. The predicted octanol–water partition coefficient (Wildman–Crippen LogP) is 1.73. The van der Waals surface area contributed by atoms with Gasteiger partial charge in [-0.2, -0.15) is 4.37 Å². The minimum Gasteiger partial charge on any atom is -0.388 e. The number of carbonyl (C=O) groups excluding carboxylic acids is 1. The molecule has 0 aliphatic carbocycles. The fourth-order valence-corrected chi connectivity index (χ4v) is 2.04. The van der Waals surface area contributed by atoms with Crippen molar-refractivity contribution in [2.24, 2.45) is 0 Å². The van der Waals surface area contributed by atoms with Crippen molar-refractivity contribution in [1.82, 2.24) is 9.69 Å². The highest BCUT2D eigenvalue weighted by Crippen LogP contribution is 2.14. The van der Waals surface area contributed by atoms with Gasteiger partial charge in [0, 0.05) is 11.9 Å². The van der Waals surface area contributed by atoms with E-state index in [1.165, 1.54) is 11.5 Å². The summed E-state index contributed by atoms with van der Waals surface area (Å²) in [7, 11) is 0. The number of aliphatic hydroxyl groups is 1. The molecule has 1 amide bonds. The van der Waals surface area contributed by atoms with Crippen molar-refractivity contribution in [2.45, 2.75) is 39.2 Å². The Morgan fingerprint density at radius 2 is 2.19 bits per heavy atom. The van der Waals surface area contributed by atoms with E-state index in [1.54, 1.807) is 12.3 Å². The molecule has 0 atom stereocenters. The van der Waals surface area contributed by atoms with E-state index in [2.05, 4.69) is 9.69 Å². The van der Waals surface area contributed by atoms with E-state index >= 15 is 0 Å². The molecule has 16 heavy (non-hydrogen) atoms. The number of aryl methyl sites for hydroxylation is 1. The number of nitrogens with one attached hydrogen (secondary N) is 1. The number of aromatic nitrogens is 1. The van der Waals surface area contributed by atoms with Crippen LogP contribution in [0.15, 0.2) is 5.38 Å². The quantitative estimate of drug-likeness (QED) is 0.826. The van der Waals surface area contributed by atoms with Crippen LogP contribution < -0.4 is 5.32 Å². The first kappa shape index (κ1) is 13.1. The van der Waals surface area contributed by atoms with E-state index < -0.39 is 5.60 Å². The Morgan fingerprint density at radius 3 is 2.62 bits per heavy atom. The van der Waals surface area contributed by atoms with Gasteiger partial charge in [0.05, 0.1) is 16.9 Å². The predicted molar refractivity (Wildman–Crippen MR) is 64.7 cm³/mol. The minimum absolute atomic E-state index is 0.161. The summed E-state index contributed by atoms with van der Waals surface area (Å²) in [6, 6.07) is 0. The summed E-state index contributed by atoms with van der Waals surface area (Å²) < 4.78 is 4.04. The first-order chi connectivity index (χ1) is 7.52. The van der Waals surface area contributed by atoms with Gasteiger partial charge in [-0.1, -0.05) is 13.8 Å². The molecular weight excluding hydrogens is 224 g/mol. The third-order valence-electron chi connectivity index (χ3n) is 2.89. The molecule has 90 valence electrons. The van der Waals surface area contributed by atoms with Gasteiger partial charge >= 0.3 is 0 Å². The molecule has 0 fully saturated rings. The summed E-state index contributed by atoms with van der Waals surface area (Å²) in [6.07, 6.45) is 1.26. The maximum atomic E-state index is 11.7. The highest BCUT2D eigenvalue weighted by atomic mass is 32.1. The van der Waals surface area contributed by atoms with Gasteiger partial charge in [-0.25, -0.2) is 0 Å². The van der Waals surface area contributed by atoms with Gasteiger partial charge in [0.1, 0.15) is 0 Å². The molecule has 1 aromatic heterocycles. The van der Waals surface area contributed by atoms with Crippen molar-refractivity contribution in [2.75, 3.05) is 6.54 Å². The van der Waals surface area contributed by atoms with Crippen molar-refractivity contribution in [3.8, 4) is 0 Å². The molecule has 5 heteroatoms. The molecule has 1 aromatic rings. The molecular formula is C11H18N2O2S. The van der Waals surface area contributed by atoms with Crippen LogP contribution >= 0.6 is 11.5 Å². The van der Waals surface area contributed by atoms with Gasteiger partial charge in [0.25, 0.3) is 5.91 Å². The van der Waals surface area contributed by atoms with Gasteiger partial charge in [-0.05, 0) is 31.3 Å². The molecule has 0 bridgehead atoms. The maximum Gasteiger partial charge on any atom is 0.254 e. The van der Waals surface area contributed by atoms with Crippen LogP contribution in [0.2, 0.25) is 0 Å². The van der Waals surface area contributed by atoms with E-state index in [0.717, 1.165) is 5.69 Å². The first-order valence-electron chi connectivity index (χ1n) is 5.44. The minimum atomic E-state index is -0.799. The van der Waals surface area contributed by atoms with Crippen molar-refractivity contribution in [3.63, 3.8) is 0 Å². The zero-order valence-electron chi connectivity index (χ0n) is 9.91. The number of amides is 1. The zero-order valence-corrected chi connectivity index (χ0v) is 10.7. The molecule has 0 spiro atoms. The van der Waals surface area contributed by atoms with Crippen LogP contribution in [0.3, 0.4) is 0 Å². The molecule has 0 aromatic carbocycles. The Balaban J connectivity index is 2.57. The molecule has 2 N–H and O–H groups in total. The fourth-order valence-electron chi connectivity index (χ4n) is 1.35. The van der Waals surface area contributed by atoms with Gasteiger partial charge < -0.3 is 10.4 Å². The summed E-state index contributed by atoms with van der Waals surface area (Å²) in [4.78, 5) is 11.7. The first-order valence-corrected chi connectivity index (χ1v) is 6.27. The van der Waals surface area contributed by atoms with Crippen LogP contribution in [0, 0.1) is 6.92 Å². The van der Waals surface area contributed by atoms with Crippen molar-refractivity contribution in [1.29, 1.82) is 0 Å². The van der Waals surface area contributed by atoms with Crippen molar-refractivity contribution >= 4 is 17.4 Å². The zero-order chi connectivity index (χ0) is 12.2. The summed E-state index contributed by atoms with van der Waals surface area (Å²) in [5.74, 6) is -0.161. The molecule has 0 aliphatic rings. The Kier molecular flexibility index (Phi) is 4.44. The third kappa shape index (κ3) is 3.02. The molecule has 1 heterocycles. The highest BCUT2D eigenvalue weighted by molar-refractivity contribution is 7.03. The molecule has 0 aliphatic heterocycles. The Morgan fingerprint density at radius 1 is 1.56 bits per heavy atom. The maximum absolute atomic E-state index is 11.7. The fraction of sp³-hybridized carbons (Fsp3) is 0.636. The average molecular weight is 242 g/mol. The summed E-state index contributed by atoms with van der Waals surface area (Å²) in [6.45, 7) is 5.91. The lowest BCUT2D eigenvalue weighted by atomic mass is 9.97. The molecule has 0 radical (unpaired) electrons. The summed E-state index contributed by atoms with van der Waals surface area (Å²) in [5, 5.41) is 14.5. The van der Waals surface area contributed by atoms with Crippen LogP contribution in [0.4, 0.5) is 0 Å². The van der Waals surface area contributed by atoms with E-state index in [0.29, 0.717) is 18.4 Å². The normalized spacial score (nSPS) is 11.5. The van der Waals surface area contributed by atoms with Gasteiger partial charge in [-0.15, -0.1) is 0 Å². The van der Waals surface area contributed by atoms with Gasteiger partial charge in [0.15, 0.2) is 0 Å². The van der Waals surface area contributed by atoms with Crippen LogP contribution in [0.1, 0.15) is 42.7 Å². The lowest BCUT2D eigenvalue weighted by Gasteiger charge is -2.25. The van der Waals surface area contributed by atoms with Crippen LogP contribution in [-0.2, 0) is 0 Å². The summed E-state index contributed by atoms with van der Waals surface area (Å²) >= 11 is 1.27. The monoisotopic (exact) mass is 242 g/mol. The lowest BCUT2D eigenvalue weighted by molar-refractivity contribution is 0.0314. The highest BCUT2D eigenvalue weighted by Gasteiger charge is 2.23. The van der Waals surface area contributed by atoms with Crippen LogP contribution in [0.5, 0.6) is 0 Å². The average Bonchev–Trinajstić information content (AvgIpc) is 2.72. The number of rotatable bonds is 5. The third-order valence-corrected chi connectivity index (χ3v) is 3.61. The van der Waals surface area contributed by atoms with Gasteiger partial charge in [0.2, 0.25) is 0 Å². The lowest BCUT2D eigenvalue weighted by Crippen LogP contribution is -2.42. The van der Waals surface area contributed by atoms with Crippen LogP contribution in [-0.4, -0.2) is 27.5 Å². The number of carbonyl (C=O) groups is 1. The number of nitrogens with zero attached hydrogens (tertiary/aromatic N) is 1. The second-order valence-corrected chi connectivity index (χ2v) is 4.56. The molecule has 4 nitrogen and oxygen atoms in total. The molecule has 1 rings (SSSR count). The molecule has 0 saturated heterocycles. The van der Waals surface area contributed by atoms with Crippen molar-refractivity contribution in [3.05, 3.63) is 16.6 Å². The number of hydrogen-bond acceptors (Lipinski definition) is 4. The topological polar surface area (TPSA) is 62.2 Å². The summed E-state index contributed by atoms with van der Waals surface area (Å²) in [5.41, 5.74) is 0.533. The standard InChI is InChI=1S/C11H18N2O2S/c1-4-11(15,5-2)7-12-10(14)9-6-16-13-8(9)3/h6,15H,4-5,7H2,1-3H3,(H,12,14). The van der Waals surface area contributed by atoms with Crippen LogP contribution in [0.25, 0.3) is 0 Å². The van der Waals surface area contributed by atoms with E-state index in [4.69, 9.17) is 0 Å². The van der Waals surface area contributed by atoms with Crippen molar-refractivity contribution < 1.29 is 9.90 Å². The second-order valence-electron chi connectivity index (χ2n) is 3.93. The number of hydrogen-bond donors (Lipinski definition) is 2. The van der Waals surface area contributed by atoms with E-state index in [-0.39, 0.29) is 12.5 Å². The second kappa shape index (κ2) is 5.41. The van der Waals surface area contributed by atoms with E-state index in [9.17, 15) is 9.90 Å².